The Morgan fingerprint density at radius 3 is 2.71 bits per heavy atom. The average molecular weight is 433 g/mol. The highest BCUT2D eigenvalue weighted by Crippen LogP contribution is 2.37. The minimum absolute atomic E-state index is 0.0974. The van der Waals surface area contributed by atoms with Crippen molar-refractivity contribution in [1.82, 2.24) is 9.88 Å². The molecular formula is C21H18F3N3O4. The third-order valence-electron chi connectivity index (χ3n) is 4.66. The summed E-state index contributed by atoms with van der Waals surface area (Å²) in [4.78, 5) is 28.5. The van der Waals surface area contributed by atoms with Gasteiger partial charge in [0.2, 0.25) is 11.7 Å². The molecule has 1 aromatic carbocycles. The van der Waals surface area contributed by atoms with E-state index in [1.54, 1.807) is 0 Å². The van der Waals surface area contributed by atoms with Crippen molar-refractivity contribution in [3.63, 3.8) is 0 Å². The van der Waals surface area contributed by atoms with Crippen LogP contribution in [0.15, 0.2) is 42.6 Å². The number of rotatable bonds is 4. The number of hydrogen-bond donors (Lipinski definition) is 2. The second kappa shape index (κ2) is 8.28. The first-order valence-corrected chi connectivity index (χ1v) is 9.10. The fraction of sp³-hybridized carbons (Fsp3) is 0.286. The maximum absolute atomic E-state index is 13.8. The molecule has 2 heterocycles. The first kappa shape index (κ1) is 22.1. The van der Waals surface area contributed by atoms with Gasteiger partial charge < -0.3 is 20.5 Å². The lowest BCUT2D eigenvalue weighted by Gasteiger charge is -2.23. The molecule has 2 aromatic rings. The molecule has 31 heavy (non-hydrogen) atoms. The zero-order chi connectivity index (χ0) is 22.8. The zero-order valence-corrected chi connectivity index (χ0v) is 16.3. The molecule has 1 unspecified atom stereocenters. The van der Waals surface area contributed by atoms with E-state index in [1.165, 1.54) is 42.4 Å². The van der Waals surface area contributed by atoms with E-state index >= 15 is 0 Å². The molecule has 1 saturated heterocycles. The molecule has 1 aliphatic heterocycles. The van der Waals surface area contributed by atoms with Gasteiger partial charge in [0, 0.05) is 37.3 Å². The number of amides is 2. The van der Waals surface area contributed by atoms with Crippen LogP contribution in [0.3, 0.4) is 0 Å². The molecule has 2 atom stereocenters. The molecule has 1 aromatic heterocycles. The van der Waals surface area contributed by atoms with E-state index in [-0.39, 0.29) is 17.5 Å². The summed E-state index contributed by atoms with van der Waals surface area (Å²) in [5, 5.41) is 10.4. The highest BCUT2D eigenvalue weighted by molar-refractivity contribution is 5.93. The maximum Gasteiger partial charge on any atom is 0.429 e. The number of carbonyl (C=O) groups is 2. The number of aliphatic hydroxyl groups is 1. The molecule has 0 aliphatic carbocycles. The molecule has 0 saturated carbocycles. The molecule has 2 amide bonds. The standard InChI is InChI=1S/C21H18F3N3O4/c1-27-11-9-20(30,19(27)29)8-7-13-4-2-5-14(12-13)17(21(22,23)24)31-15-6-3-10-26-16(15)18(25)28/h2-6,10,12,17,30H,9,11H2,1H3,(H2,25,28)/t17?,20-/m0/s1. The number of likely N-dealkylation sites (tertiary alicyclic amines) is 1. The van der Waals surface area contributed by atoms with Crippen molar-refractivity contribution >= 4 is 11.8 Å². The van der Waals surface area contributed by atoms with Crippen molar-refractivity contribution in [1.29, 1.82) is 0 Å². The minimum atomic E-state index is -4.83. The van der Waals surface area contributed by atoms with Crippen molar-refractivity contribution < 1.29 is 32.6 Å². The van der Waals surface area contributed by atoms with Gasteiger partial charge in [-0.05, 0) is 24.3 Å². The number of primary amides is 1. The summed E-state index contributed by atoms with van der Waals surface area (Å²) in [7, 11) is 1.52. The van der Waals surface area contributed by atoms with Gasteiger partial charge in [-0.15, -0.1) is 0 Å². The number of nitrogens with zero attached hydrogens (tertiary/aromatic N) is 2. The Bertz CT molecular complexity index is 1080. The summed E-state index contributed by atoms with van der Waals surface area (Å²) in [6, 6.07) is 7.58. The van der Waals surface area contributed by atoms with Crippen molar-refractivity contribution in [3.8, 4) is 17.6 Å². The van der Waals surface area contributed by atoms with E-state index in [2.05, 4.69) is 16.8 Å². The number of hydrogen-bond acceptors (Lipinski definition) is 5. The van der Waals surface area contributed by atoms with E-state index < -0.39 is 41.1 Å². The van der Waals surface area contributed by atoms with E-state index in [9.17, 15) is 27.9 Å². The Morgan fingerprint density at radius 1 is 1.35 bits per heavy atom. The Kier molecular flexibility index (Phi) is 5.90. The smallest absolute Gasteiger partial charge is 0.429 e. The van der Waals surface area contributed by atoms with Gasteiger partial charge in [0.15, 0.2) is 11.4 Å². The van der Waals surface area contributed by atoms with Crippen LogP contribution in [0.2, 0.25) is 0 Å². The van der Waals surface area contributed by atoms with Crippen molar-refractivity contribution in [3.05, 3.63) is 59.4 Å². The monoisotopic (exact) mass is 433 g/mol. The van der Waals surface area contributed by atoms with Gasteiger partial charge in [0.05, 0.1) is 0 Å². The van der Waals surface area contributed by atoms with Gasteiger partial charge >= 0.3 is 6.18 Å². The summed E-state index contributed by atoms with van der Waals surface area (Å²) >= 11 is 0. The largest absolute Gasteiger partial charge is 0.474 e. The summed E-state index contributed by atoms with van der Waals surface area (Å²) in [5.41, 5.74) is 2.70. The molecule has 3 rings (SSSR count). The number of alkyl halides is 3. The molecule has 3 N–H and O–H groups in total. The van der Waals surface area contributed by atoms with E-state index in [1.807, 2.05) is 0 Å². The number of likely N-dealkylation sites (N-methyl/N-ethyl adjacent to an activating group) is 1. The number of carbonyl (C=O) groups excluding carboxylic acids is 2. The highest BCUT2D eigenvalue weighted by Gasteiger charge is 2.44. The van der Waals surface area contributed by atoms with Gasteiger partial charge in [0.1, 0.15) is 0 Å². The van der Waals surface area contributed by atoms with Crippen LogP contribution >= 0.6 is 0 Å². The van der Waals surface area contributed by atoms with Gasteiger partial charge in [-0.25, -0.2) is 4.98 Å². The number of halogens is 3. The minimum Gasteiger partial charge on any atom is -0.474 e. The van der Waals surface area contributed by atoms with Crippen LogP contribution < -0.4 is 10.5 Å². The SMILES string of the molecule is CN1CC[C@@](O)(C#Cc2cccc(C(Oc3cccnc3C(N)=O)C(F)(F)F)c2)C1=O. The van der Waals surface area contributed by atoms with Crippen molar-refractivity contribution in [2.45, 2.75) is 24.3 Å². The molecule has 7 nitrogen and oxygen atoms in total. The molecular weight excluding hydrogens is 415 g/mol. The number of ether oxygens (including phenoxy) is 1. The van der Waals surface area contributed by atoms with Gasteiger partial charge in [0.25, 0.3) is 11.8 Å². The number of aromatic nitrogens is 1. The number of nitrogens with two attached hydrogens (primary N) is 1. The van der Waals surface area contributed by atoms with E-state index in [0.29, 0.717) is 6.54 Å². The van der Waals surface area contributed by atoms with Crippen molar-refractivity contribution in [2.24, 2.45) is 5.73 Å². The van der Waals surface area contributed by atoms with Gasteiger partial charge in [-0.3, -0.25) is 9.59 Å². The van der Waals surface area contributed by atoms with Crippen LogP contribution in [0, 0.1) is 11.8 Å². The lowest BCUT2D eigenvalue weighted by atomic mass is 10.0. The van der Waals surface area contributed by atoms with Crippen LogP contribution in [0.25, 0.3) is 0 Å². The molecule has 0 spiro atoms. The fourth-order valence-corrected chi connectivity index (χ4v) is 3.05. The van der Waals surface area contributed by atoms with Crippen LogP contribution in [-0.2, 0) is 4.79 Å². The lowest BCUT2D eigenvalue weighted by Crippen LogP contribution is -2.37. The summed E-state index contributed by atoms with van der Waals surface area (Å²) in [5.74, 6) is 3.00. The Hall–Kier alpha value is -3.58. The molecule has 1 fully saturated rings. The quantitative estimate of drug-likeness (QED) is 0.716. The Labute approximate surface area is 175 Å². The first-order valence-electron chi connectivity index (χ1n) is 9.10. The fourth-order valence-electron chi connectivity index (χ4n) is 3.05. The topological polar surface area (TPSA) is 106 Å². The molecule has 0 radical (unpaired) electrons. The van der Waals surface area contributed by atoms with Gasteiger partial charge in [-0.2, -0.15) is 13.2 Å². The van der Waals surface area contributed by atoms with Crippen LogP contribution in [0.5, 0.6) is 5.75 Å². The van der Waals surface area contributed by atoms with Crippen LogP contribution in [-0.4, -0.2) is 52.2 Å². The number of pyridine rings is 1. The summed E-state index contributed by atoms with van der Waals surface area (Å²) in [6.07, 6.45) is -5.96. The average Bonchev–Trinajstić information content (AvgIpc) is 2.98. The molecule has 162 valence electrons. The second-order valence-electron chi connectivity index (χ2n) is 6.97. The predicted molar refractivity (Wildman–Crippen MR) is 103 cm³/mol. The number of benzene rings is 1. The van der Waals surface area contributed by atoms with E-state index in [4.69, 9.17) is 10.5 Å². The first-order chi connectivity index (χ1) is 14.5. The highest BCUT2D eigenvalue weighted by atomic mass is 19.4. The van der Waals surface area contributed by atoms with E-state index in [0.717, 1.165) is 12.1 Å². The van der Waals surface area contributed by atoms with Crippen LogP contribution in [0.4, 0.5) is 13.2 Å². The Morgan fingerprint density at radius 2 is 2.10 bits per heavy atom. The van der Waals surface area contributed by atoms with Crippen molar-refractivity contribution in [2.75, 3.05) is 13.6 Å². The summed E-state index contributed by atoms with van der Waals surface area (Å²) in [6.45, 7) is 0.321. The van der Waals surface area contributed by atoms with Gasteiger partial charge in [-0.1, -0.05) is 24.0 Å². The normalized spacial score (nSPS) is 19.5. The van der Waals surface area contributed by atoms with Crippen LogP contribution in [0.1, 0.15) is 34.1 Å². The molecule has 10 heteroatoms. The molecule has 0 bridgehead atoms. The molecule has 1 aliphatic rings. The third-order valence-corrected chi connectivity index (χ3v) is 4.66. The predicted octanol–water partition coefficient (Wildman–Crippen LogP) is 1.81. The third kappa shape index (κ3) is 4.78. The lowest BCUT2D eigenvalue weighted by molar-refractivity contribution is -0.198. The maximum atomic E-state index is 13.8. The zero-order valence-electron chi connectivity index (χ0n) is 16.3. The summed E-state index contributed by atoms with van der Waals surface area (Å²) < 4.78 is 46.4. The Balaban J connectivity index is 1.94. The second-order valence-corrected chi connectivity index (χ2v) is 6.97.